The van der Waals surface area contributed by atoms with Gasteiger partial charge in [-0.15, -0.1) is 0 Å². The van der Waals surface area contributed by atoms with Gasteiger partial charge < -0.3 is 10.2 Å². The van der Waals surface area contributed by atoms with Crippen LogP contribution < -0.4 is 5.32 Å². The molecule has 2 atom stereocenters. The number of hydrogen-bond donors (Lipinski definition) is 1. The van der Waals surface area contributed by atoms with Gasteiger partial charge in [0.1, 0.15) is 6.33 Å². The van der Waals surface area contributed by atoms with E-state index in [1.165, 1.54) is 6.33 Å². The first kappa shape index (κ1) is 17.1. The summed E-state index contributed by atoms with van der Waals surface area (Å²) in [6.45, 7) is 3.80. The van der Waals surface area contributed by atoms with Gasteiger partial charge in [-0.25, -0.2) is 9.97 Å². The van der Waals surface area contributed by atoms with Crippen molar-refractivity contribution >= 4 is 11.8 Å². The highest BCUT2D eigenvalue weighted by Gasteiger charge is 2.33. The van der Waals surface area contributed by atoms with Crippen LogP contribution in [0.15, 0.2) is 37.2 Å². The first-order valence-electron chi connectivity index (χ1n) is 8.40. The summed E-state index contributed by atoms with van der Waals surface area (Å²) in [5.74, 6) is 0.248. The molecule has 3 heterocycles. The Kier molecular flexibility index (Phi) is 5.37. The molecule has 1 aliphatic heterocycles. The number of nitrogens with one attached hydrogen (secondary N) is 1. The number of rotatable bonds is 6. The molecule has 3 rings (SSSR count). The Labute approximate surface area is 146 Å². The van der Waals surface area contributed by atoms with Crippen LogP contribution in [0.4, 0.5) is 0 Å². The molecule has 0 saturated carbocycles. The molecule has 0 radical (unpaired) electrons. The minimum atomic E-state index is -0.0156. The van der Waals surface area contributed by atoms with Crippen molar-refractivity contribution in [3.05, 3.63) is 42.7 Å². The van der Waals surface area contributed by atoms with Gasteiger partial charge in [0.25, 0.3) is 0 Å². The third-order valence-corrected chi connectivity index (χ3v) is 4.41. The number of aromatic nitrogens is 4. The molecule has 1 saturated heterocycles. The first-order valence-corrected chi connectivity index (χ1v) is 8.40. The molecule has 0 aromatic carbocycles. The zero-order valence-electron chi connectivity index (χ0n) is 14.2. The number of nitrogens with zero attached hydrogens (tertiary/aromatic N) is 5. The summed E-state index contributed by atoms with van der Waals surface area (Å²) in [6.07, 6.45) is 8.93. The summed E-state index contributed by atoms with van der Waals surface area (Å²) in [4.78, 5) is 34.2. The zero-order chi connectivity index (χ0) is 17.6. The van der Waals surface area contributed by atoms with Gasteiger partial charge in [-0.3, -0.25) is 14.3 Å². The van der Waals surface area contributed by atoms with Gasteiger partial charge in [0.05, 0.1) is 12.5 Å². The first-order chi connectivity index (χ1) is 12.1. The van der Waals surface area contributed by atoms with Gasteiger partial charge in [0.15, 0.2) is 0 Å². The molecule has 2 amide bonds. The second-order valence-electron chi connectivity index (χ2n) is 6.39. The number of amides is 2. The Bertz CT molecular complexity index is 703. The van der Waals surface area contributed by atoms with Crippen LogP contribution in [0.5, 0.6) is 0 Å². The maximum Gasteiger partial charge on any atom is 0.227 e. The van der Waals surface area contributed by atoms with Gasteiger partial charge in [0, 0.05) is 50.8 Å². The van der Waals surface area contributed by atoms with Gasteiger partial charge in [-0.1, -0.05) is 6.92 Å². The van der Waals surface area contributed by atoms with Gasteiger partial charge in [-0.2, -0.15) is 5.10 Å². The monoisotopic (exact) mass is 342 g/mol. The molecule has 0 bridgehead atoms. The van der Waals surface area contributed by atoms with E-state index in [0.717, 1.165) is 5.56 Å². The van der Waals surface area contributed by atoms with E-state index in [9.17, 15) is 9.59 Å². The zero-order valence-corrected chi connectivity index (χ0v) is 14.2. The number of carbonyl (C=O) groups excluding carboxylic acids is 2. The Balaban J connectivity index is 1.47. The van der Waals surface area contributed by atoms with Crippen molar-refractivity contribution in [1.29, 1.82) is 0 Å². The van der Waals surface area contributed by atoms with Crippen LogP contribution in [-0.2, 0) is 22.6 Å². The fourth-order valence-corrected chi connectivity index (χ4v) is 2.99. The molecular weight excluding hydrogens is 320 g/mol. The molecule has 0 spiro atoms. The molecule has 2 aromatic rings. The number of hydrogen-bond acceptors (Lipinski definition) is 5. The van der Waals surface area contributed by atoms with Crippen molar-refractivity contribution in [2.75, 3.05) is 13.1 Å². The maximum atomic E-state index is 12.4. The van der Waals surface area contributed by atoms with Crippen LogP contribution in [0, 0.1) is 5.92 Å². The Hall–Kier alpha value is -2.77. The third-order valence-electron chi connectivity index (χ3n) is 4.41. The van der Waals surface area contributed by atoms with Crippen molar-refractivity contribution in [1.82, 2.24) is 30.0 Å². The molecule has 1 aliphatic rings. The van der Waals surface area contributed by atoms with Crippen molar-refractivity contribution in [3.8, 4) is 0 Å². The minimum absolute atomic E-state index is 0.0129. The highest BCUT2D eigenvalue weighted by atomic mass is 16.2. The Morgan fingerprint density at radius 3 is 2.80 bits per heavy atom. The standard InChI is InChI=1S/C17H22N6O2/c1-13-10-22(17(25)7-14-8-18-12-19-9-14)11-15(13)21-16(24)3-6-23-5-2-4-20-23/h2,4-5,8-9,12-13,15H,3,6-7,10-11H2,1H3,(H,21,24)/t13-,15-/m1/s1. The number of aryl methyl sites for hydroxylation is 1. The molecule has 8 heteroatoms. The van der Waals surface area contributed by atoms with Crippen LogP contribution in [-0.4, -0.2) is 55.6 Å². The lowest BCUT2D eigenvalue weighted by atomic mass is 10.1. The predicted octanol–water partition coefficient (Wildman–Crippen LogP) is 0.269. The average molecular weight is 342 g/mol. The van der Waals surface area contributed by atoms with Crippen LogP contribution >= 0.6 is 0 Å². The Morgan fingerprint density at radius 2 is 2.08 bits per heavy atom. The van der Waals surface area contributed by atoms with Gasteiger partial charge in [-0.05, 0) is 17.5 Å². The van der Waals surface area contributed by atoms with Crippen LogP contribution in [0.3, 0.4) is 0 Å². The van der Waals surface area contributed by atoms with Crippen LogP contribution in [0.1, 0.15) is 18.9 Å². The van der Waals surface area contributed by atoms with E-state index in [0.29, 0.717) is 26.1 Å². The van der Waals surface area contributed by atoms with Crippen LogP contribution in [0.25, 0.3) is 0 Å². The van der Waals surface area contributed by atoms with E-state index in [1.807, 2.05) is 12.3 Å². The fourth-order valence-electron chi connectivity index (χ4n) is 2.99. The normalized spacial score (nSPS) is 19.8. The molecule has 0 unspecified atom stereocenters. The third kappa shape index (κ3) is 4.62. The molecule has 1 N–H and O–H groups in total. The summed E-state index contributed by atoms with van der Waals surface area (Å²) in [5.41, 5.74) is 0.798. The molecule has 0 aliphatic carbocycles. The van der Waals surface area contributed by atoms with E-state index in [-0.39, 0.29) is 30.2 Å². The fraction of sp³-hybridized carbons (Fsp3) is 0.471. The quantitative estimate of drug-likeness (QED) is 0.813. The van der Waals surface area contributed by atoms with E-state index in [1.54, 1.807) is 28.2 Å². The van der Waals surface area contributed by atoms with Gasteiger partial charge in [0.2, 0.25) is 11.8 Å². The second-order valence-corrected chi connectivity index (χ2v) is 6.39. The SMILES string of the molecule is C[C@@H]1CN(C(=O)Cc2cncnc2)C[C@H]1NC(=O)CCn1cccn1. The lowest BCUT2D eigenvalue weighted by Crippen LogP contribution is -2.41. The van der Waals surface area contributed by atoms with Crippen molar-refractivity contribution in [3.63, 3.8) is 0 Å². The van der Waals surface area contributed by atoms with Crippen molar-refractivity contribution in [2.45, 2.75) is 32.4 Å². The predicted molar refractivity (Wildman–Crippen MR) is 90.3 cm³/mol. The molecule has 2 aromatic heterocycles. The van der Waals surface area contributed by atoms with E-state index in [2.05, 4.69) is 27.3 Å². The number of carbonyl (C=O) groups is 2. The molecule has 25 heavy (non-hydrogen) atoms. The highest BCUT2D eigenvalue weighted by molar-refractivity contribution is 5.79. The summed E-state index contributed by atoms with van der Waals surface area (Å²) >= 11 is 0. The highest BCUT2D eigenvalue weighted by Crippen LogP contribution is 2.17. The molecule has 1 fully saturated rings. The minimum Gasteiger partial charge on any atom is -0.351 e. The second kappa shape index (κ2) is 7.87. The summed E-state index contributed by atoms with van der Waals surface area (Å²) in [5, 5.41) is 7.12. The molecule has 132 valence electrons. The van der Waals surface area contributed by atoms with Crippen molar-refractivity contribution in [2.24, 2.45) is 5.92 Å². The molecular formula is C17H22N6O2. The van der Waals surface area contributed by atoms with E-state index in [4.69, 9.17) is 0 Å². The summed E-state index contributed by atoms with van der Waals surface area (Å²) in [6, 6.07) is 1.82. The van der Waals surface area contributed by atoms with E-state index >= 15 is 0 Å². The average Bonchev–Trinajstić information content (AvgIpc) is 3.24. The summed E-state index contributed by atoms with van der Waals surface area (Å²) in [7, 11) is 0. The lowest BCUT2D eigenvalue weighted by Gasteiger charge is -2.17. The van der Waals surface area contributed by atoms with Crippen LogP contribution in [0.2, 0.25) is 0 Å². The van der Waals surface area contributed by atoms with E-state index < -0.39 is 0 Å². The topological polar surface area (TPSA) is 93.0 Å². The van der Waals surface area contributed by atoms with Crippen molar-refractivity contribution < 1.29 is 9.59 Å². The lowest BCUT2D eigenvalue weighted by molar-refractivity contribution is -0.130. The summed E-state index contributed by atoms with van der Waals surface area (Å²) < 4.78 is 1.73. The molecule has 8 nitrogen and oxygen atoms in total. The smallest absolute Gasteiger partial charge is 0.227 e. The largest absolute Gasteiger partial charge is 0.351 e. The Morgan fingerprint density at radius 1 is 1.28 bits per heavy atom. The number of likely N-dealkylation sites (tertiary alicyclic amines) is 1. The maximum absolute atomic E-state index is 12.4. The van der Waals surface area contributed by atoms with Gasteiger partial charge >= 0.3 is 0 Å².